The fourth-order valence-corrected chi connectivity index (χ4v) is 3.22. The van der Waals surface area contributed by atoms with Gasteiger partial charge in [0.05, 0.1) is 13.2 Å². The first-order valence-corrected chi connectivity index (χ1v) is 10.1. The summed E-state index contributed by atoms with van der Waals surface area (Å²) in [4.78, 5) is 12.0. The maximum absolute atomic E-state index is 13.7. The standard InChI is InChI=1S/C21H23BrFNO5/c1-26-20-9-14(4-6-19(20)28-12-16-3-2-8-27-16)11-24-21(25)13-29-18-7-5-15(22)10-17(18)23/h4-7,9-10,16H,2-3,8,11-13H2,1H3,(H,24,25). The molecule has 1 unspecified atom stereocenters. The van der Waals surface area contributed by atoms with Crippen molar-refractivity contribution < 1.29 is 28.1 Å². The van der Waals surface area contributed by atoms with Gasteiger partial charge in [0, 0.05) is 17.6 Å². The van der Waals surface area contributed by atoms with Gasteiger partial charge in [-0.3, -0.25) is 4.79 Å². The third-order valence-corrected chi connectivity index (χ3v) is 4.91. The molecule has 1 N–H and O–H groups in total. The fraction of sp³-hybridized carbons (Fsp3) is 0.381. The Labute approximate surface area is 177 Å². The first-order valence-electron chi connectivity index (χ1n) is 9.31. The summed E-state index contributed by atoms with van der Waals surface area (Å²) in [5, 5.41) is 2.74. The van der Waals surface area contributed by atoms with Gasteiger partial charge in [0.2, 0.25) is 0 Å². The van der Waals surface area contributed by atoms with E-state index in [-0.39, 0.29) is 30.9 Å². The maximum atomic E-state index is 13.7. The van der Waals surface area contributed by atoms with Gasteiger partial charge < -0.3 is 24.3 Å². The number of rotatable bonds is 9. The molecule has 156 valence electrons. The first-order chi connectivity index (χ1) is 14.0. The molecule has 29 heavy (non-hydrogen) atoms. The monoisotopic (exact) mass is 467 g/mol. The van der Waals surface area contributed by atoms with E-state index in [4.69, 9.17) is 18.9 Å². The summed E-state index contributed by atoms with van der Waals surface area (Å²) in [6, 6.07) is 9.85. The van der Waals surface area contributed by atoms with Crippen LogP contribution in [0.5, 0.6) is 17.2 Å². The van der Waals surface area contributed by atoms with Gasteiger partial charge in [0.25, 0.3) is 5.91 Å². The molecule has 1 aliphatic rings. The van der Waals surface area contributed by atoms with Crippen LogP contribution in [0.4, 0.5) is 4.39 Å². The molecule has 3 rings (SSSR count). The Balaban J connectivity index is 1.48. The van der Waals surface area contributed by atoms with Crippen molar-refractivity contribution in [2.24, 2.45) is 0 Å². The summed E-state index contributed by atoms with van der Waals surface area (Å²) in [6.45, 7) is 1.27. The highest BCUT2D eigenvalue weighted by Gasteiger charge is 2.17. The van der Waals surface area contributed by atoms with E-state index in [0.29, 0.717) is 22.6 Å². The zero-order valence-corrected chi connectivity index (χ0v) is 17.7. The van der Waals surface area contributed by atoms with Crippen molar-refractivity contribution in [2.75, 3.05) is 26.9 Å². The third kappa shape index (κ3) is 6.33. The van der Waals surface area contributed by atoms with Crippen LogP contribution in [-0.2, 0) is 16.1 Å². The average molecular weight is 468 g/mol. The lowest BCUT2D eigenvalue weighted by Crippen LogP contribution is -2.28. The van der Waals surface area contributed by atoms with Crippen molar-refractivity contribution in [3.8, 4) is 17.2 Å². The lowest BCUT2D eigenvalue weighted by molar-refractivity contribution is -0.123. The molecule has 0 aliphatic carbocycles. The van der Waals surface area contributed by atoms with Crippen molar-refractivity contribution in [1.82, 2.24) is 5.32 Å². The maximum Gasteiger partial charge on any atom is 0.258 e. The van der Waals surface area contributed by atoms with Crippen molar-refractivity contribution in [3.05, 3.63) is 52.3 Å². The zero-order valence-electron chi connectivity index (χ0n) is 16.1. The van der Waals surface area contributed by atoms with Crippen LogP contribution in [0, 0.1) is 5.82 Å². The quantitative estimate of drug-likeness (QED) is 0.606. The molecule has 6 nitrogen and oxygen atoms in total. The number of carbonyl (C=O) groups is 1. The van der Waals surface area contributed by atoms with Gasteiger partial charge in [-0.15, -0.1) is 0 Å². The van der Waals surface area contributed by atoms with Crippen LogP contribution >= 0.6 is 15.9 Å². The summed E-state index contributed by atoms with van der Waals surface area (Å²) in [6.07, 6.45) is 2.18. The molecule has 2 aromatic rings. The van der Waals surface area contributed by atoms with Crippen LogP contribution in [0.1, 0.15) is 18.4 Å². The second-order valence-electron chi connectivity index (χ2n) is 6.57. The van der Waals surface area contributed by atoms with Gasteiger partial charge in [0.1, 0.15) is 6.61 Å². The molecule has 0 bridgehead atoms. The van der Waals surface area contributed by atoms with E-state index < -0.39 is 5.82 Å². The topological polar surface area (TPSA) is 66.0 Å². The van der Waals surface area contributed by atoms with E-state index >= 15 is 0 Å². The molecule has 1 aliphatic heterocycles. The largest absolute Gasteiger partial charge is 0.493 e. The summed E-state index contributed by atoms with van der Waals surface area (Å²) < 4.78 is 36.3. The molecule has 0 spiro atoms. The second kappa shape index (κ2) is 10.5. The van der Waals surface area contributed by atoms with Crippen LogP contribution < -0.4 is 19.5 Å². The van der Waals surface area contributed by atoms with Crippen molar-refractivity contribution in [3.63, 3.8) is 0 Å². The van der Waals surface area contributed by atoms with E-state index in [2.05, 4.69) is 21.2 Å². The normalized spacial score (nSPS) is 15.8. The molecule has 0 aromatic heterocycles. The Kier molecular flexibility index (Phi) is 7.71. The predicted octanol–water partition coefficient (Wildman–Crippen LogP) is 3.85. The molecule has 2 aromatic carbocycles. The number of benzene rings is 2. The highest BCUT2D eigenvalue weighted by atomic mass is 79.9. The Morgan fingerprint density at radius 3 is 2.76 bits per heavy atom. The van der Waals surface area contributed by atoms with Crippen LogP contribution in [0.2, 0.25) is 0 Å². The minimum Gasteiger partial charge on any atom is -0.493 e. The molecule has 1 saturated heterocycles. The number of nitrogens with one attached hydrogen (secondary N) is 1. The van der Waals surface area contributed by atoms with Gasteiger partial charge in [0.15, 0.2) is 29.7 Å². The number of halogens is 2. The van der Waals surface area contributed by atoms with E-state index in [1.165, 1.54) is 12.1 Å². The Hall–Kier alpha value is -2.32. The van der Waals surface area contributed by atoms with E-state index in [0.717, 1.165) is 25.0 Å². The molecule has 0 radical (unpaired) electrons. The molecule has 1 heterocycles. The average Bonchev–Trinajstić information content (AvgIpc) is 3.24. The first kappa shape index (κ1) is 21.4. The Bertz CT molecular complexity index is 842. The van der Waals surface area contributed by atoms with Gasteiger partial charge in [-0.1, -0.05) is 22.0 Å². The van der Waals surface area contributed by atoms with E-state index in [9.17, 15) is 9.18 Å². The summed E-state index contributed by atoms with van der Waals surface area (Å²) >= 11 is 3.17. The third-order valence-electron chi connectivity index (χ3n) is 4.42. The number of hydrogen-bond donors (Lipinski definition) is 1. The van der Waals surface area contributed by atoms with Gasteiger partial charge >= 0.3 is 0 Å². The Morgan fingerprint density at radius 1 is 1.21 bits per heavy atom. The summed E-state index contributed by atoms with van der Waals surface area (Å²) in [7, 11) is 1.57. The highest BCUT2D eigenvalue weighted by Crippen LogP contribution is 2.29. The minimum absolute atomic E-state index is 0.0257. The zero-order chi connectivity index (χ0) is 20.6. The number of ether oxygens (including phenoxy) is 4. The van der Waals surface area contributed by atoms with E-state index in [1.54, 1.807) is 19.2 Å². The number of methoxy groups -OCH3 is 1. The van der Waals surface area contributed by atoms with Gasteiger partial charge in [-0.2, -0.15) is 0 Å². The molecule has 8 heteroatoms. The molecular formula is C21H23BrFNO5. The summed E-state index contributed by atoms with van der Waals surface area (Å²) in [5.74, 6) is 0.355. The van der Waals surface area contributed by atoms with Crippen LogP contribution in [-0.4, -0.2) is 38.9 Å². The van der Waals surface area contributed by atoms with Crippen LogP contribution in [0.3, 0.4) is 0 Å². The smallest absolute Gasteiger partial charge is 0.258 e. The summed E-state index contributed by atoms with van der Waals surface area (Å²) in [5.41, 5.74) is 0.842. The number of carbonyl (C=O) groups excluding carboxylic acids is 1. The number of hydrogen-bond acceptors (Lipinski definition) is 5. The molecule has 1 amide bonds. The van der Waals surface area contributed by atoms with Crippen LogP contribution in [0.15, 0.2) is 40.9 Å². The SMILES string of the molecule is COc1cc(CNC(=O)COc2ccc(Br)cc2F)ccc1OCC1CCCO1. The van der Waals surface area contributed by atoms with Crippen molar-refractivity contribution in [2.45, 2.75) is 25.5 Å². The predicted molar refractivity (Wildman–Crippen MR) is 109 cm³/mol. The molecular weight excluding hydrogens is 445 g/mol. The lowest BCUT2D eigenvalue weighted by Gasteiger charge is -2.15. The van der Waals surface area contributed by atoms with Crippen molar-refractivity contribution in [1.29, 1.82) is 0 Å². The fourth-order valence-electron chi connectivity index (χ4n) is 2.89. The lowest BCUT2D eigenvalue weighted by atomic mass is 10.2. The number of amides is 1. The highest BCUT2D eigenvalue weighted by molar-refractivity contribution is 9.10. The van der Waals surface area contributed by atoms with E-state index in [1.807, 2.05) is 12.1 Å². The van der Waals surface area contributed by atoms with Gasteiger partial charge in [-0.05, 0) is 48.7 Å². The second-order valence-corrected chi connectivity index (χ2v) is 7.49. The molecule has 1 atom stereocenters. The minimum atomic E-state index is -0.532. The molecule has 1 fully saturated rings. The van der Waals surface area contributed by atoms with Gasteiger partial charge in [-0.25, -0.2) is 4.39 Å². The van der Waals surface area contributed by atoms with Crippen LogP contribution in [0.25, 0.3) is 0 Å². The Morgan fingerprint density at radius 2 is 2.03 bits per heavy atom. The molecule has 0 saturated carbocycles. The van der Waals surface area contributed by atoms with Crippen molar-refractivity contribution >= 4 is 21.8 Å².